The highest BCUT2D eigenvalue weighted by Crippen LogP contribution is 2.19. The fraction of sp³-hybridized carbons (Fsp3) is 0.818. The highest BCUT2D eigenvalue weighted by Gasteiger charge is 2.21. The largest absolute Gasteiger partial charge is 0.393 e. The normalized spacial score (nSPS) is 14.2. The zero-order chi connectivity index (χ0) is 11.5. The van der Waals surface area contributed by atoms with E-state index in [-0.39, 0.29) is 11.5 Å². The second kappa shape index (κ2) is 4.75. The molecule has 1 aromatic heterocycles. The zero-order valence-electron chi connectivity index (χ0n) is 9.95. The summed E-state index contributed by atoms with van der Waals surface area (Å²) in [6, 6.07) is 0. The molecule has 86 valence electrons. The summed E-state index contributed by atoms with van der Waals surface area (Å²) >= 11 is 0. The molecular formula is C11H20N2O2. The fourth-order valence-corrected chi connectivity index (χ4v) is 1.28. The van der Waals surface area contributed by atoms with Gasteiger partial charge >= 0.3 is 0 Å². The van der Waals surface area contributed by atoms with E-state index in [0.717, 1.165) is 12.8 Å². The molecule has 0 saturated carbocycles. The van der Waals surface area contributed by atoms with Crippen LogP contribution >= 0.6 is 0 Å². The number of aliphatic hydroxyl groups is 1. The second-order valence-electron chi connectivity index (χ2n) is 4.91. The summed E-state index contributed by atoms with van der Waals surface area (Å²) in [6.07, 6.45) is 1.81. The van der Waals surface area contributed by atoms with Gasteiger partial charge in [0.25, 0.3) is 0 Å². The lowest BCUT2D eigenvalue weighted by molar-refractivity contribution is 0.151. The molecule has 0 saturated heterocycles. The summed E-state index contributed by atoms with van der Waals surface area (Å²) in [5.41, 5.74) is -0.0997. The summed E-state index contributed by atoms with van der Waals surface area (Å²) in [5, 5.41) is 13.5. The van der Waals surface area contributed by atoms with E-state index in [0.29, 0.717) is 18.1 Å². The Morgan fingerprint density at radius 2 is 2.07 bits per heavy atom. The molecule has 1 heterocycles. The van der Waals surface area contributed by atoms with Crippen molar-refractivity contribution in [1.29, 1.82) is 0 Å². The maximum absolute atomic E-state index is 9.59. The van der Waals surface area contributed by atoms with Crippen molar-refractivity contribution in [2.75, 3.05) is 0 Å². The van der Waals surface area contributed by atoms with E-state index in [1.165, 1.54) is 0 Å². The molecule has 0 aliphatic carbocycles. The monoisotopic (exact) mass is 212 g/mol. The molecule has 0 aromatic carbocycles. The summed E-state index contributed by atoms with van der Waals surface area (Å²) in [5.74, 6) is 1.22. The van der Waals surface area contributed by atoms with Gasteiger partial charge in [-0.2, -0.15) is 4.98 Å². The van der Waals surface area contributed by atoms with Crippen LogP contribution in [-0.4, -0.2) is 21.4 Å². The van der Waals surface area contributed by atoms with Gasteiger partial charge in [0.2, 0.25) is 5.89 Å². The van der Waals surface area contributed by atoms with E-state index in [2.05, 4.69) is 10.1 Å². The first-order chi connectivity index (χ1) is 6.93. The Morgan fingerprint density at radius 3 is 2.53 bits per heavy atom. The fourth-order valence-electron chi connectivity index (χ4n) is 1.28. The Bertz CT molecular complexity index is 302. The number of aromatic nitrogens is 2. The van der Waals surface area contributed by atoms with Crippen LogP contribution in [0.4, 0.5) is 0 Å². The van der Waals surface area contributed by atoms with Crippen molar-refractivity contribution in [3.05, 3.63) is 11.7 Å². The molecule has 1 rings (SSSR count). The third-order valence-electron chi connectivity index (χ3n) is 2.17. The van der Waals surface area contributed by atoms with Crippen molar-refractivity contribution in [2.45, 2.75) is 58.5 Å². The van der Waals surface area contributed by atoms with Crippen LogP contribution < -0.4 is 0 Å². The first-order valence-electron chi connectivity index (χ1n) is 5.44. The number of hydrogen-bond donors (Lipinski definition) is 1. The molecule has 4 nitrogen and oxygen atoms in total. The standard InChI is InChI=1S/C11H20N2O2/c1-5-6-8(14)7-9-12-10(13-15-9)11(2,3)4/h8,14H,5-7H2,1-4H3. The van der Waals surface area contributed by atoms with Crippen molar-refractivity contribution in [3.8, 4) is 0 Å². The Labute approximate surface area is 90.7 Å². The molecule has 15 heavy (non-hydrogen) atoms. The first kappa shape index (κ1) is 12.2. The van der Waals surface area contributed by atoms with Crippen LogP contribution in [0.5, 0.6) is 0 Å². The molecule has 0 radical (unpaired) electrons. The van der Waals surface area contributed by atoms with Crippen molar-refractivity contribution in [3.63, 3.8) is 0 Å². The summed E-state index contributed by atoms with van der Waals surface area (Å²) in [6.45, 7) is 8.13. The van der Waals surface area contributed by atoms with Crippen molar-refractivity contribution >= 4 is 0 Å². The van der Waals surface area contributed by atoms with Gasteiger partial charge < -0.3 is 9.63 Å². The average Bonchev–Trinajstić information content (AvgIpc) is 2.52. The Balaban J connectivity index is 2.61. The third kappa shape index (κ3) is 3.63. The molecule has 0 fully saturated rings. The van der Waals surface area contributed by atoms with Gasteiger partial charge in [-0.05, 0) is 6.42 Å². The molecular weight excluding hydrogens is 192 g/mol. The molecule has 1 unspecified atom stereocenters. The Morgan fingerprint density at radius 1 is 1.40 bits per heavy atom. The first-order valence-corrected chi connectivity index (χ1v) is 5.44. The maximum atomic E-state index is 9.59. The molecule has 1 aromatic rings. The third-order valence-corrected chi connectivity index (χ3v) is 2.17. The van der Waals surface area contributed by atoms with Gasteiger partial charge in [-0.3, -0.25) is 0 Å². The predicted octanol–water partition coefficient (Wildman–Crippen LogP) is 2.07. The van der Waals surface area contributed by atoms with Crippen LogP contribution in [0.25, 0.3) is 0 Å². The Kier molecular flexibility index (Phi) is 3.85. The molecule has 1 atom stereocenters. The van der Waals surface area contributed by atoms with Crippen LogP contribution in [0, 0.1) is 0 Å². The second-order valence-corrected chi connectivity index (χ2v) is 4.91. The summed E-state index contributed by atoms with van der Waals surface area (Å²) in [7, 11) is 0. The van der Waals surface area contributed by atoms with Gasteiger partial charge in [-0.25, -0.2) is 0 Å². The highest BCUT2D eigenvalue weighted by molar-refractivity contribution is 5.00. The average molecular weight is 212 g/mol. The van der Waals surface area contributed by atoms with E-state index in [9.17, 15) is 5.11 Å². The van der Waals surface area contributed by atoms with Gasteiger partial charge in [-0.15, -0.1) is 0 Å². The zero-order valence-corrected chi connectivity index (χ0v) is 9.95. The lowest BCUT2D eigenvalue weighted by atomic mass is 9.96. The number of nitrogens with zero attached hydrogens (tertiary/aromatic N) is 2. The molecule has 1 N–H and O–H groups in total. The van der Waals surface area contributed by atoms with Crippen LogP contribution in [0.1, 0.15) is 52.3 Å². The SMILES string of the molecule is CCCC(O)Cc1nc(C(C)(C)C)no1. The molecule has 0 bridgehead atoms. The van der Waals surface area contributed by atoms with Crippen molar-refractivity contribution < 1.29 is 9.63 Å². The number of hydrogen-bond acceptors (Lipinski definition) is 4. The van der Waals surface area contributed by atoms with Crippen molar-refractivity contribution in [2.24, 2.45) is 0 Å². The number of aliphatic hydroxyl groups excluding tert-OH is 1. The summed E-state index contributed by atoms with van der Waals surface area (Å²) < 4.78 is 5.09. The van der Waals surface area contributed by atoms with Gasteiger partial charge in [0.15, 0.2) is 5.82 Å². The van der Waals surface area contributed by atoms with Crippen LogP contribution in [0.3, 0.4) is 0 Å². The highest BCUT2D eigenvalue weighted by atomic mass is 16.5. The maximum Gasteiger partial charge on any atom is 0.229 e. The topological polar surface area (TPSA) is 59.2 Å². The lowest BCUT2D eigenvalue weighted by Crippen LogP contribution is -2.14. The van der Waals surface area contributed by atoms with E-state index < -0.39 is 0 Å². The van der Waals surface area contributed by atoms with Crippen molar-refractivity contribution in [1.82, 2.24) is 10.1 Å². The van der Waals surface area contributed by atoms with E-state index in [1.54, 1.807) is 0 Å². The molecule has 0 spiro atoms. The predicted molar refractivity (Wildman–Crippen MR) is 57.6 cm³/mol. The molecule has 0 amide bonds. The van der Waals surface area contributed by atoms with Gasteiger partial charge in [0.05, 0.1) is 12.5 Å². The van der Waals surface area contributed by atoms with E-state index >= 15 is 0 Å². The van der Waals surface area contributed by atoms with Crippen LogP contribution in [0.15, 0.2) is 4.52 Å². The number of rotatable bonds is 4. The molecule has 0 aliphatic heterocycles. The lowest BCUT2D eigenvalue weighted by Gasteiger charge is -2.11. The molecule has 4 heteroatoms. The van der Waals surface area contributed by atoms with Crippen LogP contribution in [0.2, 0.25) is 0 Å². The van der Waals surface area contributed by atoms with Gasteiger partial charge in [-0.1, -0.05) is 39.3 Å². The van der Waals surface area contributed by atoms with E-state index in [4.69, 9.17) is 4.52 Å². The minimum absolute atomic E-state index is 0.0997. The van der Waals surface area contributed by atoms with Gasteiger partial charge in [0, 0.05) is 5.41 Å². The minimum Gasteiger partial charge on any atom is -0.393 e. The Hall–Kier alpha value is -0.900. The smallest absolute Gasteiger partial charge is 0.229 e. The van der Waals surface area contributed by atoms with E-state index in [1.807, 2.05) is 27.7 Å². The summed E-state index contributed by atoms with van der Waals surface area (Å²) in [4.78, 5) is 4.27. The molecule has 0 aliphatic rings. The van der Waals surface area contributed by atoms with Crippen LogP contribution in [-0.2, 0) is 11.8 Å². The quantitative estimate of drug-likeness (QED) is 0.830. The minimum atomic E-state index is -0.372. The van der Waals surface area contributed by atoms with Gasteiger partial charge in [0.1, 0.15) is 0 Å².